The number of hydrogen-bond donors (Lipinski definition) is 2. The van der Waals surface area contributed by atoms with Gasteiger partial charge in [0.2, 0.25) is 0 Å². The number of amides is 1. The number of H-pyrrole nitrogens is 1. The number of benzene rings is 1. The predicted octanol–water partition coefficient (Wildman–Crippen LogP) is 3.07. The first-order chi connectivity index (χ1) is 7.52. The van der Waals surface area contributed by atoms with Gasteiger partial charge in [-0.2, -0.15) is 0 Å². The first-order valence-electron chi connectivity index (χ1n) is 4.44. The van der Waals surface area contributed by atoms with Crippen LogP contribution in [0, 0.1) is 5.82 Å². The van der Waals surface area contributed by atoms with E-state index in [-0.39, 0.29) is 16.1 Å². The van der Waals surface area contributed by atoms with Crippen LogP contribution in [0.1, 0.15) is 0 Å². The lowest BCUT2D eigenvalue weighted by Crippen LogP contribution is -2.24. The first kappa shape index (κ1) is 10.8. The van der Waals surface area contributed by atoms with Gasteiger partial charge in [-0.3, -0.25) is 4.90 Å². The zero-order valence-electron chi connectivity index (χ0n) is 8.29. The van der Waals surface area contributed by atoms with E-state index >= 15 is 0 Å². The molecule has 0 saturated heterocycles. The van der Waals surface area contributed by atoms with Gasteiger partial charge in [0.05, 0.1) is 21.6 Å². The number of carboxylic acid groups (broad SMARTS) is 1. The third-order valence-corrected chi connectivity index (χ3v) is 2.66. The fourth-order valence-corrected chi connectivity index (χ4v) is 1.73. The Labute approximate surface area is 95.2 Å². The summed E-state index contributed by atoms with van der Waals surface area (Å²) in [4.78, 5) is 14.3. The predicted molar refractivity (Wildman–Crippen MR) is 59.7 cm³/mol. The molecule has 2 rings (SSSR count). The highest BCUT2D eigenvalue weighted by molar-refractivity contribution is 6.35. The van der Waals surface area contributed by atoms with Crippen molar-refractivity contribution >= 4 is 34.3 Å². The molecule has 2 aromatic rings. The lowest BCUT2D eigenvalue weighted by Gasteiger charge is -2.14. The molecule has 0 bridgehead atoms. The molecule has 0 saturated carbocycles. The number of fused-ring (bicyclic) bond motifs is 1. The quantitative estimate of drug-likeness (QED) is 0.807. The zero-order chi connectivity index (χ0) is 11.9. The summed E-state index contributed by atoms with van der Waals surface area (Å²) in [5, 5.41) is 9.20. The Kier molecular flexibility index (Phi) is 2.47. The number of aromatic amines is 1. The van der Waals surface area contributed by atoms with Gasteiger partial charge < -0.3 is 10.1 Å². The van der Waals surface area contributed by atoms with Crippen molar-refractivity contribution in [1.29, 1.82) is 0 Å². The van der Waals surface area contributed by atoms with Crippen molar-refractivity contribution in [2.24, 2.45) is 0 Å². The van der Waals surface area contributed by atoms with Gasteiger partial charge in [0.25, 0.3) is 0 Å². The second kappa shape index (κ2) is 3.68. The fourth-order valence-electron chi connectivity index (χ4n) is 1.49. The number of nitrogens with zero attached hydrogens (tertiary/aromatic N) is 1. The molecule has 0 fully saturated rings. The molecule has 1 aromatic heterocycles. The van der Waals surface area contributed by atoms with Crippen LogP contribution in [0.4, 0.5) is 14.9 Å². The van der Waals surface area contributed by atoms with Gasteiger partial charge in [-0.05, 0) is 12.1 Å². The molecular weight excluding hydrogens is 235 g/mol. The normalized spacial score (nSPS) is 10.7. The summed E-state index contributed by atoms with van der Waals surface area (Å²) in [6, 6.07) is 2.97. The average Bonchev–Trinajstić information content (AvgIpc) is 2.60. The smallest absolute Gasteiger partial charge is 0.411 e. The number of rotatable bonds is 1. The van der Waals surface area contributed by atoms with Gasteiger partial charge in [-0.15, -0.1) is 0 Å². The molecular formula is C10H8ClFN2O2. The van der Waals surface area contributed by atoms with E-state index < -0.39 is 11.9 Å². The Hall–Kier alpha value is -1.75. The molecule has 84 valence electrons. The number of hydrogen-bond acceptors (Lipinski definition) is 1. The summed E-state index contributed by atoms with van der Waals surface area (Å²) in [5.41, 5.74) is 0.506. The summed E-state index contributed by atoms with van der Waals surface area (Å²) >= 11 is 5.80. The Morgan fingerprint density at radius 1 is 1.56 bits per heavy atom. The molecule has 2 N–H and O–H groups in total. The number of carbonyl (C=O) groups is 1. The highest BCUT2D eigenvalue weighted by Crippen LogP contribution is 2.31. The molecule has 4 nitrogen and oxygen atoms in total. The molecule has 1 amide bonds. The molecule has 0 atom stereocenters. The number of halogens is 2. The summed E-state index contributed by atoms with van der Waals surface area (Å²) in [5.74, 6) is -0.645. The van der Waals surface area contributed by atoms with E-state index in [4.69, 9.17) is 16.7 Å². The number of aromatic nitrogens is 1. The van der Waals surface area contributed by atoms with Crippen molar-refractivity contribution in [2.75, 3.05) is 11.9 Å². The summed E-state index contributed by atoms with van der Waals surface area (Å²) in [7, 11) is 1.27. The summed E-state index contributed by atoms with van der Waals surface area (Å²) in [6.07, 6.45) is 0.227. The van der Waals surface area contributed by atoms with E-state index in [0.717, 1.165) is 4.90 Å². The maximum atomic E-state index is 14.0. The second-order valence-electron chi connectivity index (χ2n) is 3.30. The molecule has 1 aromatic carbocycles. The minimum atomic E-state index is -1.23. The lowest BCUT2D eigenvalue weighted by atomic mass is 10.2. The van der Waals surface area contributed by atoms with Crippen LogP contribution in [0.5, 0.6) is 0 Å². The van der Waals surface area contributed by atoms with Gasteiger partial charge in [-0.25, -0.2) is 9.18 Å². The van der Waals surface area contributed by atoms with Gasteiger partial charge in [0.15, 0.2) is 5.82 Å². The van der Waals surface area contributed by atoms with E-state index in [1.807, 2.05) is 0 Å². The van der Waals surface area contributed by atoms with Crippen LogP contribution >= 0.6 is 11.6 Å². The summed E-state index contributed by atoms with van der Waals surface area (Å²) in [6.45, 7) is 0. The molecule has 16 heavy (non-hydrogen) atoms. The van der Waals surface area contributed by atoms with E-state index in [1.54, 1.807) is 6.07 Å². The molecule has 0 spiro atoms. The van der Waals surface area contributed by atoms with E-state index in [2.05, 4.69) is 4.98 Å². The topological polar surface area (TPSA) is 56.3 Å². The Morgan fingerprint density at radius 3 is 2.88 bits per heavy atom. The van der Waals surface area contributed by atoms with Gasteiger partial charge in [0.1, 0.15) is 0 Å². The third-order valence-electron chi connectivity index (χ3n) is 2.36. The van der Waals surface area contributed by atoms with Crippen LogP contribution in [-0.4, -0.2) is 23.2 Å². The standard InChI is InChI=1S/C10H8ClFN2O2/c1-14(10(15)16)7-3-2-6-8(9(7)12)5(11)4-13-6/h2-4,13H,1H3,(H,15,16). The monoisotopic (exact) mass is 242 g/mol. The molecule has 6 heteroatoms. The largest absolute Gasteiger partial charge is 0.465 e. The Bertz CT molecular complexity index is 567. The third kappa shape index (κ3) is 1.49. The second-order valence-corrected chi connectivity index (χ2v) is 3.71. The van der Waals surface area contributed by atoms with Gasteiger partial charge in [0, 0.05) is 13.2 Å². The van der Waals surface area contributed by atoms with Gasteiger partial charge in [-0.1, -0.05) is 11.6 Å². The number of anilines is 1. The number of nitrogens with one attached hydrogen (secondary N) is 1. The maximum Gasteiger partial charge on any atom is 0.411 e. The van der Waals surface area contributed by atoms with Crippen molar-refractivity contribution in [2.45, 2.75) is 0 Å². The van der Waals surface area contributed by atoms with E-state index in [9.17, 15) is 9.18 Å². The van der Waals surface area contributed by atoms with Crippen LogP contribution in [0.3, 0.4) is 0 Å². The highest BCUT2D eigenvalue weighted by Gasteiger charge is 2.17. The van der Waals surface area contributed by atoms with Crippen molar-refractivity contribution in [3.8, 4) is 0 Å². The molecule has 0 aliphatic heterocycles. The molecule has 0 unspecified atom stereocenters. The fraction of sp³-hybridized carbons (Fsp3) is 0.100. The van der Waals surface area contributed by atoms with E-state index in [0.29, 0.717) is 5.52 Å². The lowest BCUT2D eigenvalue weighted by molar-refractivity contribution is 0.203. The summed E-state index contributed by atoms with van der Waals surface area (Å²) < 4.78 is 14.0. The Balaban J connectivity index is 2.68. The first-order valence-corrected chi connectivity index (χ1v) is 4.82. The molecule has 0 aliphatic rings. The van der Waals surface area contributed by atoms with Crippen LogP contribution in [0.25, 0.3) is 10.9 Å². The van der Waals surface area contributed by atoms with Crippen LogP contribution < -0.4 is 4.90 Å². The van der Waals surface area contributed by atoms with Crippen LogP contribution in [0.2, 0.25) is 5.02 Å². The van der Waals surface area contributed by atoms with Crippen LogP contribution in [-0.2, 0) is 0 Å². The van der Waals surface area contributed by atoms with Crippen molar-refractivity contribution in [1.82, 2.24) is 4.98 Å². The SMILES string of the molecule is CN(C(=O)O)c1ccc2[nH]cc(Cl)c2c1F. The minimum Gasteiger partial charge on any atom is -0.465 e. The van der Waals surface area contributed by atoms with Crippen LogP contribution in [0.15, 0.2) is 18.3 Å². The van der Waals surface area contributed by atoms with Gasteiger partial charge >= 0.3 is 6.09 Å². The average molecular weight is 243 g/mol. The molecule has 0 radical (unpaired) electrons. The maximum absolute atomic E-state index is 14.0. The molecule has 0 aliphatic carbocycles. The van der Waals surface area contributed by atoms with Crippen molar-refractivity contribution in [3.05, 3.63) is 29.2 Å². The molecule has 1 heterocycles. The zero-order valence-corrected chi connectivity index (χ0v) is 9.05. The minimum absolute atomic E-state index is 0.0264. The van der Waals surface area contributed by atoms with E-state index in [1.165, 1.54) is 19.3 Å². The highest BCUT2D eigenvalue weighted by atomic mass is 35.5. The van der Waals surface area contributed by atoms with Crippen molar-refractivity contribution < 1.29 is 14.3 Å². The Morgan fingerprint density at radius 2 is 2.25 bits per heavy atom. The van der Waals surface area contributed by atoms with Crippen molar-refractivity contribution in [3.63, 3.8) is 0 Å².